The van der Waals surface area contributed by atoms with Crippen LogP contribution in [-0.4, -0.2) is 28.6 Å². The maximum atomic E-state index is 12.3. The van der Waals surface area contributed by atoms with E-state index in [2.05, 4.69) is 36.5 Å². The van der Waals surface area contributed by atoms with Crippen LogP contribution in [0, 0.1) is 19.8 Å². The van der Waals surface area contributed by atoms with E-state index >= 15 is 0 Å². The summed E-state index contributed by atoms with van der Waals surface area (Å²) in [7, 11) is 1.58. The third kappa shape index (κ3) is 4.94. The fraction of sp³-hybridized carbons (Fsp3) is 0.450. The molecule has 0 atom stereocenters. The van der Waals surface area contributed by atoms with Crippen molar-refractivity contribution < 1.29 is 9.59 Å². The zero-order valence-corrected chi connectivity index (χ0v) is 16.2. The molecular formula is C20H28N4O2. The van der Waals surface area contributed by atoms with E-state index < -0.39 is 0 Å². The fourth-order valence-electron chi connectivity index (χ4n) is 2.96. The van der Waals surface area contributed by atoms with Gasteiger partial charge in [0.1, 0.15) is 0 Å². The molecule has 1 heterocycles. The van der Waals surface area contributed by atoms with Crippen LogP contribution in [0.15, 0.2) is 24.3 Å². The molecule has 0 unspecified atom stereocenters. The second-order valence-corrected chi connectivity index (χ2v) is 6.93. The summed E-state index contributed by atoms with van der Waals surface area (Å²) in [4.78, 5) is 24.0. The number of amides is 2. The monoisotopic (exact) mass is 356 g/mol. The zero-order chi connectivity index (χ0) is 19.3. The van der Waals surface area contributed by atoms with Crippen molar-refractivity contribution in [3.05, 3.63) is 46.8 Å². The Balaban J connectivity index is 1.99. The maximum absolute atomic E-state index is 12.3. The number of carbonyl (C=O) groups excluding carboxylic acids is 2. The first-order chi connectivity index (χ1) is 12.3. The van der Waals surface area contributed by atoms with Gasteiger partial charge in [-0.1, -0.05) is 19.9 Å². The van der Waals surface area contributed by atoms with Crippen LogP contribution in [0.4, 0.5) is 5.69 Å². The Morgan fingerprint density at radius 1 is 1.23 bits per heavy atom. The largest absolute Gasteiger partial charge is 0.355 e. The molecule has 26 heavy (non-hydrogen) atoms. The van der Waals surface area contributed by atoms with Crippen molar-refractivity contribution in [1.29, 1.82) is 0 Å². The molecule has 2 aromatic rings. The average molecular weight is 356 g/mol. The molecule has 6 nitrogen and oxygen atoms in total. The Labute approximate surface area is 155 Å². The maximum Gasteiger partial charge on any atom is 0.251 e. The van der Waals surface area contributed by atoms with Gasteiger partial charge in [0.05, 0.1) is 5.69 Å². The van der Waals surface area contributed by atoms with Gasteiger partial charge in [-0.3, -0.25) is 14.3 Å². The van der Waals surface area contributed by atoms with Crippen LogP contribution in [0.2, 0.25) is 0 Å². The average Bonchev–Trinajstić information content (AvgIpc) is 2.85. The minimum Gasteiger partial charge on any atom is -0.355 e. The van der Waals surface area contributed by atoms with Gasteiger partial charge in [-0.15, -0.1) is 0 Å². The quantitative estimate of drug-likeness (QED) is 0.800. The van der Waals surface area contributed by atoms with E-state index in [9.17, 15) is 9.59 Å². The molecule has 0 bridgehead atoms. The first-order valence-electron chi connectivity index (χ1n) is 8.96. The number of carbonyl (C=O) groups is 2. The highest BCUT2D eigenvalue weighted by molar-refractivity contribution is 5.97. The molecule has 0 fully saturated rings. The van der Waals surface area contributed by atoms with Gasteiger partial charge in [-0.05, 0) is 49.9 Å². The Kier molecular flexibility index (Phi) is 6.55. The van der Waals surface area contributed by atoms with Crippen LogP contribution in [0.3, 0.4) is 0 Å². The summed E-state index contributed by atoms with van der Waals surface area (Å²) >= 11 is 0. The molecule has 0 radical (unpaired) electrons. The van der Waals surface area contributed by atoms with Crippen LogP contribution < -0.4 is 10.6 Å². The van der Waals surface area contributed by atoms with Gasteiger partial charge in [0.2, 0.25) is 5.91 Å². The molecule has 0 saturated heterocycles. The second kappa shape index (κ2) is 8.65. The lowest BCUT2D eigenvalue weighted by Crippen LogP contribution is -2.18. The molecule has 0 saturated carbocycles. The lowest BCUT2D eigenvalue weighted by Gasteiger charge is -2.09. The molecule has 0 aliphatic heterocycles. The minimum atomic E-state index is -0.176. The number of benzene rings is 1. The molecule has 2 N–H and O–H groups in total. The molecule has 2 amide bonds. The normalized spacial score (nSPS) is 10.8. The number of aryl methyl sites for hydroxylation is 1. The molecule has 0 spiro atoms. The number of nitrogens with zero attached hydrogens (tertiary/aromatic N) is 2. The van der Waals surface area contributed by atoms with Gasteiger partial charge in [0.15, 0.2) is 0 Å². The van der Waals surface area contributed by atoms with E-state index in [0.717, 1.165) is 23.5 Å². The van der Waals surface area contributed by atoms with E-state index in [1.165, 1.54) is 0 Å². The first-order valence-corrected chi connectivity index (χ1v) is 8.96. The van der Waals surface area contributed by atoms with E-state index in [-0.39, 0.29) is 11.8 Å². The number of hydrogen-bond acceptors (Lipinski definition) is 3. The van der Waals surface area contributed by atoms with Gasteiger partial charge in [0.25, 0.3) is 5.91 Å². The van der Waals surface area contributed by atoms with Gasteiger partial charge in [0, 0.05) is 37.0 Å². The molecule has 6 heteroatoms. The SMILES string of the molecule is CNC(=O)c1cccc(NC(=O)CCc2c(C)nn(CC(C)C)c2C)c1. The summed E-state index contributed by atoms with van der Waals surface area (Å²) in [5.41, 5.74) is 4.40. The summed E-state index contributed by atoms with van der Waals surface area (Å²) in [6.07, 6.45) is 1.02. The van der Waals surface area contributed by atoms with Crippen molar-refractivity contribution in [2.24, 2.45) is 5.92 Å². The molecular weight excluding hydrogens is 328 g/mol. The highest BCUT2D eigenvalue weighted by atomic mass is 16.2. The molecule has 2 rings (SSSR count). The van der Waals surface area contributed by atoms with Gasteiger partial charge in [-0.2, -0.15) is 5.10 Å². The standard InChI is InChI=1S/C20H28N4O2/c1-13(2)12-24-15(4)18(14(3)23-24)9-10-19(25)22-17-8-6-7-16(11-17)20(26)21-5/h6-8,11,13H,9-10,12H2,1-5H3,(H,21,26)(H,22,25). The van der Waals surface area contributed by atoms with Crippen molar-refractivity contribution in [3.63, 3.8) is 0 Å². The van der Waals surface area contributed by atoms with Crippen molar-refractivity contribution in [2.45, 2.75) is 47.1 Å². The Morgan fingerprint density at radius 2 is 1.96 bits per heavy atom. The summed E-state index contributed by atoms with van der Waals surface area (Å²) in [6, 6.07) is 6.92. The van der Waals surface area contributed by atoms with E-state index in [1.807, 2.05) is 11.6 Å². The van der Waals surface area contributed by atoms with Crippen molar-refractivity contribution in [3.8, 4) is 0 Å². The number of hydrogen-bond donors (Lipinski definition) is 2. The fourth-order valence-corrected chi connectivity index (χ4v) is 2.96. The lowest BCUT2D eigenvalue weighted by atomic mass is 10.1. The number of rotatable bonds is 7. The van der Waals surface area contributed by atoms with E-state index in [0.29, 0.717) is 30.0 Å². The van der Waals surface area contributed by atoms with Crippen LogP contribution >= 0.6 is 0 Å². The lowest BCUT2D eigenvalue weighted by molar-refractivity contribution is -0.116. The van der Waals surface area contributed by atoms with Gasteiger partial charge >= 0.3 is 0 Å². The smallest absolute Gasteiger partial charge is 0.251 e. The van der Waals surface area contributed by atoms with Crippen molar-refractivity contribution in [1.82, 2.24) is 15.1 Å². The molecule has 0 aliphatic rings. The van der Waals surface area contributed by atoms with Crippen LogP contribution in [0.5, 0.6) is 0 Å². The zero-order valence-electron chi connectivity index (χ0n) is 16.2. The predicted molar refractivity (Wildman–Crippen MR) is 103 cm³/mol. The second-order valence-electron chi connectivity index (χ2n) is 6.93. The third-order valence-corrected chi connectivity index (χ3v) is 4.31. The topological polar surface area (TPSA) is 76.0 Å². The van der Waals surface area contributed by atoms with Crippen LogP contribution in [0.25, 0.3) is 0 Å². The molecule has 1 aromatic heterocycles. The van der Waals surface area contributed by atoms with Crippen molar-refractivity contribution >= 4 is 17.5 Å². The summed E-state index contributed by atoms with van der Waals surface area (Å²) in [5, 5.41) is 10.0. The summed E-state index contributed by atoms with van der Waals surface area (Å²) in [5.74, 6) is 0.274. The third-order valence-electron chi connectivity index (χ3n) is 4.31. The molecule has 0 aliphatic carbocycles. The van der Waals surface area contributed by atoms with E-state index in [4.69, 9.17) is 0 Å². The van der Waals surface area contributed by atoms with Crippen molar-refractivity contribution in [2.75, 3.05) is 12.4 Å². The van der Waals surface area contributed by atoms with Crippen LogP contribution in [-0.2, 0) is 17.8 Å². The Morgan fingerprint density at radius 3 is 2.62 bits per heavy atom. The number of anilines is 1. The molecule has 1 aromatic carbocycles. The summed E-state index contributed by atoms with van der Waals surface area (Å²) in [6.45, 7) is 9.25. The van der Waals surface area contributed by atoms with Gasteiger partial charge in [-0.25, -0.2) is 0 Å². The highest BCUT2D eigenvalue weighted by Crippen LogP contribution is 2.17. The van der Waals surface area contributed by atoms with Crippen LogP contribution in [0.1, 0.15) is 47.6 Å². The number of nitrogens with one attached hydrogen (secondary N) is 2. The first kappa shape index (κ1) is 19.7. The Hall–Kier alpha value is -2.63. The minimum absolute atomic E-state index is 0.0746. The number of aromatic nitrogens is 2. The van der Waals surface area contributed by atoms with E-state index in [1.54, 1.807) is 31.3 Å². The summed E-state index contributed by atoms with van der Waals surface area (Å²) < 4.78 is 2.03. The highest BCUT2D eigenvalue weighted by Gasteiger charge is 2.14. The predicted octanol–water partition coefficient (Wildman–Crippen LogP) is 3.09. The Bertz CT molecular complexity index is 793. The van der Waals surface area contributed by atoms with Gasteiger partial charge < -0.3 is 10.6 Å². The molecule has 140 valence electrons.